The SMILES string of the molecule is CSCCC(C)NC(=O)c1ccc(N)cn1. The number of nitrogens with two attached hydrogens (primary N) is 1. The third-order valence-corrected chi connectivity index (χ3v) is 2.80. The van der Waals surface area contributed by atoms with Gasteiger partial charge in [-0.2, -0.15) is 11.8 Å². The van der Waals surface area contributed by atoms with Crippen molar-refractivity contribution in [1.29, 1.82) is 0 Å². The van der Waals surface area contributed by atoms with E-state index in [1.807, 2.05) is 6.92 Å². The van der Waals surface area contributed by atoms with Crippen molar-refractivity contribution in [3.05, 3.63) is 24.0 Å². The summed E-state index contributed by atoms with van der Waals surface area (Å²) in [7, 11) is 0. The molecule has 0 fully saturated rings. The van der Waals surface area contributed by atoms with Crippen LogP contribution in [0.3, 0.4) is 0 Å². The van der Waals surface area contributed by atoms with E-state index in [-0.39, 0.29) is 11.9 Å². The normalized spacial score (nSPS) is 12.1. The molecule has 0 saturated heterocycles. The Labute approximate surface area is 100 Å². The average Bonchev–Trinajstić information content (AvgIpc) is 2.27. The zero-order valence-corrected chi connectivity index (χ0v) is 10.4. The molecule has 0 spiro atoms. The van der Waals surface area contributed by atoms with Gasteiger partial charge in [0.2, 0.25) is 0 Å². The highest BCUT2D eigenvalue weighted by molar-refractivity contribution is 7.98. The van der Waals surface area contributed by atoms with E-state index in [0.717, 1.165) is 12.2 Å². The maximum atomic E-state index is 11.7. The lowest BCUT2D eigenvalue weighted by atomic mass is 10.2. The Balaban J connectivity index is 2.48. The molecule has 0 bridgehead atoms. The molecule has 4 nitrogen and oxygen atoms in total. The molecule has 0 aliphatic rings. The second-order valence-corrected chi connectivity index (χ2v) is 4.62. The monoisotopic (exact) mass is 239 g/mol. The number of aromatic nitrogens is 1. The number of hydrogen-bond donors (Lipinski definition) is 2. The van der Waals surface area contributed by atoms with Crippen molar-refractivity contribution in [2.24, 2.45) is 0 Å². The summed E-state index contributed by atoms with van der Waals surface area (Å²) in [6, 6.07) is 3.47. The van der Waals surface area contributed by atoms with Crippen LogP contribution in [-0.4, -0.2) is 28.9 Å². The number of thioether (sulfide) groups is 1. The fraction of sp³-hybridized carbons (Fsp3) is 0.455. The van der Waals surface area contributed by atoms with Crippen LogP contribution in [0.25, 0.3) is 0 Å². The van der Waals surface area contributed by atoms with E-state index in [1.54, 1.807) is 23.9 Å². The smallest absolute Gasteiger partial charge is 0.270 e. The molecule has 3 N–H and O–H groups in total. The quantitative estimate of drug-likeness (QED) is 0.817. The number of carbonyl (C=O) groups excluding carboxylic acids is 1. The molecule has 1 amide bonds. The first-order chi connectivity index (χ1) is 7.63. The van der Waals surface area contributed by atoms with Gasteiger partial charge in [0.05, 0.1) is 11.9 Å². The Kier molecular flexibility index (Phi) is 5.11. The molecule has 0 aromatic carbocycles. The highest BCUT2D eigenvalue weighted by Crippen LogP contribution is 2.03. The van der Waals surface area contributed by atoms with Gasteiger partial charge < -0.3 is 11.1 Å². The van der Waals surface area contributed by atoms with Crippen molar-refractivity contribution >= 4 is 23.4 Å². The van der Waals surface area contributed by atoms with E-state index in [4.69, 9.17) is 5.73 Å². The van der Waals surface area contributed by atoms with Crippen LogP contribution in [0.4, 0.5) is 5.69 Å². The lowest BCUT2D eigenvalue weighted by Crippen LogP contribution is -2.33. The molecule has 5 heteroatoms. The minimum Gasteiger partial charge on any atom is -0.397 e. The molecule has 0 aliphatic heterocycles. The maximum absolute atomic E-state index is 11.7. The van der Waals surface area contributed by atoms with Crippen molar-refractivity contribution in [3.8, 4) is 0 Å². The number of nitrogens with one attached hydrogen (secondary N) is 1. The van der Waals surface area contributed by atoms with Crippen LogP contribution in [-0.2, 0) is 0 Å². The molecule has 1 aromatic rings. The molecule has 0 aliphatic carbocycles. The van der Waals surface area contributed by atoms with Crippen molar-refractivity contribution in [3.63, 3.8) is 0 Å². The molecule has 16 heavy (non-hydrogen) atoms. The number of hydrogen-bond acceptors (Lipinski definition) is 4. The molecule has 1 atom stereocenters. The fourth-order valence-electron chi connectivity index (χ4n) is 1.20. The van der Waals surface area contributed by atoms with Crippen LogP contribution in [0, 0.1) is 0 Å². The van der Waals surface area contributed by atoms with Gasteiger partial charge in [-0.1, -0.05) is 0 Å². The standard InChI is InChI=1S/C11H17N3OS/c1-8(5-6-16-2)14-11(15)10-4-3-9(12)7-13-10/h3-4,7-8H,5-6,12H2,1-2H3,(H,14,15). The van der Waals surface area contributed by atoms with Crippen LogP contribution in [0.2, 0.25) is 0 Å². The van der Waals surface area contributed by atoms with Gasteiger partial charge in [0, 0.05) is 6.04 Å². The van der Waals surface area contributed by atoms with E-state index < -0.39 is 0 Å². The fourth-order valence-corrected chi connectivity index (χ4v) is 1.79. The summed E-state index contributed by atoms with van der Waals surface area (Å²) >= 11 is 1.77. The van der Waals surface area contributed by atoms with Crippen molar-refractivity contribution < 1.29 is 4.79 Å². The average molecular weight is 239 g/mol. The van der Waals surface area contributed by atoms with Crippen molar-refractivity contribution in [2.45, 2.75) is 19.4 Å². The Hall–Kier alpha value is -1.23. The molecule has 1 rings (SSSR count). The largest absolute Gasteiger partial charge is 0.397 e. The highest BCUT2D eigenvalue weighted by Gasteiger charge is 2.10. The third kappa shape index (κ3) is 4.10. The van der Waals surface area contributed by atoms with Gasteiger partial charge >= 0.3 is 0 Å². The van der Waals surface area contributed by atoms with Gasteiger partial charge in [-0.3, -0.25) is 4.79 Å². The summed E-state index contributed by atoms with van der Waals surface area (Å²) < 4.78 is 0. The number of nitrogen functional groups attached to an aromatic ring is 1. The number of pyridine rings is 1. The summed E-state index contributed by atoms with van der Waals surface area (Å²) in [5, 5.41) is 2.89. The van der Waals surface area contributed by atoms with Crippen LogP contribution in [0.5, 0.6) is 0 Å². The summed E-state index contributed by atoms with van der Waals surface area (Å²) in [6.07, 6.45) is 4.50. The van der Waals surface area contributed by atoms with Gasteiger partial charge in [-0.25, -0.2) is 4.98 Å². The van der Waals surface area contributed by atoms with Gasteiger partial charge in [0.1, 0.15) is 5.69 Å². The first-order valence-corrected chi connectivity index (χ1v) is 6.54. The molecule has 88 valence electrons. The first kappa shape index (κ1) is 12.8. The Morgan fingerprint density at radius 2 is 2.38 bits per heavy atom. The lowest BCUT2D eigenvalue weighted by Gasteiger charge is -2.12. The zero-order valence-electron chi connectivity index (χ0n) is 9.56. The highest BCUT2D eigenvalue weighted by atomic mass is 32.2. The summed E-state index contributed by atoms with van der Waals surface area (Å²) in [4.78, 5) is 15.7. The number of rotatable bonds is 5. The predicted octanol–water partition coefficient (Wildman–Crippen LogP) is 1.54. The van der Waals surface area contributed by atoms with Gasteiger partial charge in [-0.05, 0) is 37.5 Å². The van der Waals surface area contributed by atoms with Crippen LogP contribution in [0.15, 0.2) is 18.3 Å². The van der Waals surface area contributed by atoms with E-state index in [1.165, 1.54) is 6.20 Å². The van der Waals surface area contributed by atoms with Gasteiger partial charge in [0.15, 0.2) is 0 Å². The lowest BCUT2D eigenvalue weighted by molar-refractivity contribution is 0.0934. The molecule has 1 heterocycles. The van der Waals surface area contributed by atoms with Crippen molar-refractivity contribution in [2.75, 3.05) is 17.7 Å². The van der Waals surface area contributed by atoms with E-state index >= 15 is 0 Å². The summed E-state index contributed by atoms with van der Waals surface area (Å²) in [6.45, 7) is 1.99. The van der Waals surface area contributed by atoms with E-state index in [2.05, 4.69) is 16.6 Å². The van der Waals surface area contributed by atoms with Crippen molar-refractivity contribution in [1.82, 2.24) is 10.3 Å². The molecular formula is C11H17N3OS. The Morgan fingerprint density at radius 1 is 1.62 bits per heavy atom. The Bertz CT molecular complexity index is 340. The van der Waals surface area contributed by atoms with Gasteiger partial charge in [-0.15, -0.1) is 0 Å². The molecule has 0 saturated carbocycles. The number of carbonyl (C=O) groups is 1. The topological polar surface area (TPSA) is 68.0 Å². The number of anilines is 1. The Morgan fingerprint density at radius 3 is 2.94 bits per heavy atom. The minimum absolute atomic E-state index is 0.145. The third-order valence-electron chi connectivity index (χ3n) is 2.15. The maximum Gasteiger partial charge on any atom is 0.270 e. The zero-order chi connectivity index (χ0) is 12.0. The second kappa shape index (κ2) is 6.37. The van der Waals surface area contributed by atoms with Gasteiger partial charge in [0.25, 0.3) is 5.91 Å². The van der Waals surface area contributed by atoms with Crippen LogP contribution >= 0.6 is 11.8 Å². The van der Waals surface area contributed by atoms with Crippen LogP contribution < -0.4 is 11.1 Å². The van der Waals surface area contributed by atoms with E-state index in [9.17, 15) is 4.79 Å². The molecule has 0 radical (unpaired) electrons. The summed E-state index contributed by atoms with van der Waals surface area (Å²) in [5.74, 6) is 0.893. The second-order valence-electron chi connectivity index (χ2n) is 3.63. The molecule has 1 unspecified atom stereocenters. The number of nitrogens with zero attached hydrogens (tertiary/aromatic N) is 1. The molecule has 1 aromatic heterocycles. The van der Waals surface area contributed by atoms with E-state index in [0.29, 0.717) is 11.4 Å². The predicted molar refractivity (Wildman–Crippen MR) is 68.6 cm³/mol. The molecular weight excluding hydrogens is 222 g/mol. The summed E-state index contributed by atoms with van der Waals surface area (Å²) in [5.41, 5.74) is 6.47. The minimum atomic E-state index is -0.145. The number of amides is 1. The first-order valence-electron chi connectivity index (χ1n) is 5.15. The van der Waals surface area contributed by atoms with Crippen LogP contribution in [0.1, 0.15) is 23.8 Å².